The molecular weight excluding hydrogens is 330 g/mol. The maximum absolute atomic E-state index is 4.94. The van der Waals surface area contributed by atoms with E-state index in [2.05, 4.69) is 39.1 Å². The zero-order valence-corrected chi connectivity index (χ0v) is 15.1. The normalized spacial score (nSPS) is 14.0. The minimum absolute atomic E-state index is 0.787. The van der Waals surface area contributed by atoms with Gasteiger partial charge in [0.05, 0.1) is 5.69 Å². The number of aromatic nitrogens is 3. The van der Waals surface area contributed by atoms with E-state index in [4.69, 9.17) is 9.97 Å². The molecule has 6 heteroatoms. The fourth-order valence-corrected chi connectivity index (χ4v) is 3.86. The number of nitrogens with zero attached hydrogens (tertiary/aromatic N) is 4. The summed E-state index contributed by atoms with van der Waals surface area (Å²) in [6.45, 7) is 2.80. The second kappa shape index (κ2) is 7.29. The van der Waals surface area contributed by atoms with Gasteiger partial charge in [0.2, 0.25) is 0 Å². The molecule has 0 saturated heterocycles. The molecule has 0 atom stereocenters. The van der Waals surface area contributed by atoms with E-state index in [0.717, 1.165) is 49.7 Å². The number of nitrogens with one attached hydrogen (secondary N) is 1. The van der Waals surface area contributed by atoms with Gasteiger partial charge in [-0.25, -0.2) is 9.97 Å². The van der Waals surface area contributed by atoms with Crippen molar-refractivity contribution in [2.24, 2.45) is 0 Å². The second-order valence-electron chi connectivity index (χ2n) is 6.27. The average molecular weight is 351 g/mol. The summed E-state index contributed by atoms with van der Waals surface area (Å²) in [5.74, 6) is 1.84. The first kappa shape index (κ1) is 16.2. The first-order valence-electron chi connectivity index (χ1n) is 8.54. The Labute approximate surface area is 151 Å². The van der Waals surface area contributed by atoms with Crippen LogP contribution in [0.5, 0.6) is 0 Å². The molecule has 128 valence electrons. The van der Waals surface area contributed by atoms with Gasteiger partial charge in [-0.15, -0.1) is 0 Å². The van der Waals surface area contributed by atoms with Crippen LogP contribution in [-0.4, -0.2) is 35.1 Å². The minimum Gasteiger partial charge on any atom is -0.355 e. The van der Waals surface area contributed by atoms with Crippen molar-refractivity contribution in [3.05, 3.63) is 58.2 Å². The first-order valence-corrected chi connectivity index (χ1v) is 9.48. The van der Waals surface area contributed by atoms with Gasteiger partial charge in [-0.2, -0.15) is 11.3 Å². The molecular formula is C19H21N5S. The van der Waals surface area contributed by atoms with Crippen LogP contribution in [0.2, 0.25) is 0 Å². The number of hydrogen-bond acceptors (Lipinski definition) is 6. The number of fused-ring (bicyclic) bond motifs is 1. The molecule has 5 nitrogen and oxygen atoms in total. The van der Waals surface area contributed by atoms with Crippen LogP contribution in [0.25, 0.3) is 11.4 Å². The van der Waals surface area contributed by atoms with Crippen LogP contribution in [0.1, 0.15) is 16.8 Å². The van der Waals surface area contributed by atoms with E-state index in [1.165, 1.54) is 16.8 Å². The Hall–Kier alpha value is -2.31. The molecule has 0 unspecified atom stereocenters. The highest BCUT2D eigenvalue weighted by molar-refractivity contribution is 7.07. The smallest absolute Gasteiger partial charge is 0.161 e. The Morgan fingerprint density at radius 2 is 1.96 bits per heavy atom. The number of anilines is 1. The van der Waals surface area contributed by atoms with Crippen LogP contribution in [0.3, 0.4) is 0 Å². The van der Waals surface area contributed by atoms with Crippen molar-refractivity contribution in [3.63, 3.8) is 0 Å². The fraction of sp³-hybridized carbons (Fsp3) is 0.316. The van der Waals surface area contributed by atoms with Crippen molar-refractivity contribution in [1.29, 1.82) is 0 Å². The lowest BCUT2D eigenvalue weighted by atomic mass is 10.1. The maximum Gasteiger partial charge on any atom is 0.161 e. The summed E-state index contributed by atoms with van der Waals surface area (Å²) in [7, 11) is 2.12. The SMILES string of the molecule is CN(Cc1ccsc1)c1nc(-c2ccncc2)nc2c1CCNCC2. The molecule has 25 heavy (non-hydrogen) atoms. The highest BCUT2D eigenvalue weighted by Crippen LogP contribution is 2.27. The highest BCUT2D eigenvalue weighted by Gasteiger charge is 2.20. The largest absolute Gasteiger partial charge is 0.355 e. The summed E-state index contributed by atoms with van der Waals surface area (Å²) in [5, 5.41) is 7.79. The molecule has 4 heterocycles. The third-order valence-corrected chi connectivity index (χ3v) is 5.19. The molecule has 0 aliphatic carbocycles. The van der Waals surface area contributed by atoms with Crippen LogP contribution < -0.4 is 10.2 Å². The van der Waals surface area contributed by atoms with Crippen molar-refractivity contribution < 1.29 is 0 Å². The number of pyridine rings is 1. The van der Waals surface area contributed by atoms with E-state index < -0.39 is 0 Å². The molecule has 0 fully saturated rings. The summed E-state index contributed by atoms with van der Waals surface area (Å²) >= 11 is 1.73. The lowest BCUT2D eigenvalue weighted by Gasteiger charge is -2.23. The van der Waals surface area contributed by atoms with Gasteiger partial charge < -0.3 is 10.2 Å². The monoisotopic (exact) mass is 351 g/mol. The van der Waals surface area contributed by atoms with E-state index in [1.54, 1.807) is 23.7 Å². The summed E-state index contributed by atoms with van der Waals surface area (Å²) < 4.78 is 0. The van der Waals surface area contributed by atoms with Gasteiger partial charge in [0.1, 0.15) is 5.82 Å². The molecule has 0 saturated carbocycles. The van der Waals surface area contributed by atoms with Crippen molar-refractivity contribution >= 4 is 17.2 Å². The van der Waals surface area contributed by atoms with Gasteiger partial charge >= 0.3 is 0 Å². The van der Waals surface area contributed by atoms with Crippen LogP contribution in [0.15, 0.2) is 41.4 Å². The fourth-order valence-electron chi connectivity index (χ4n) is 3.20. The third kappa shape index (κ3) is 3.55. The minimum atomic E-state index is 0.787. The van der Waals surface area contributed by atoms with Crippen LogP contribution in [0, 0.1) is 0 Å². The Kier molecular flexibility index (Phi) is 4.72. The molecule has 1 aliphatic rings. The molecule has 0 bridgehead atoms. The second-order valence-corrected chi connectivity index (χ2v) is 7.05. The van der Waals surface area contributed by atoms with Gasteiger partial charge in [0.15, 0.2) is 5.82 Å². The lowest BCUT2D eigenvalue weighted by molar-refractivity contribution is 0.708. The predicted molar refractivity (Wildman–Crippen MR) is 102 cm³/mol. The molecule has 1 aliphatic heterocycles. The summed E-state index contributed by atoms with van der Waals surface area (Å²) in [6.07, 6.45) is 5.49. The van der Waals surface area contributed by atoms with Gasteiger partial charge in [-0.05, 0) is 47.5 Å². The highest BCUT2D eigenvalue weighted by atomic mass is 32.1. The summed E-state index contributed by atoms with van der Waals surface area (Å²) in [4.78, 5) is 16.2. The van der Waals surface area contributed by atoms with Crippen LogP contribution >= 0.6 is 11.3 Å². The lowest BCUT2D eigenvalue weighted by Crippen LogP contribution is -2.21. The molecule has 0 aromatic carbocycles. The van der Waals surface area contributed by atoms with Crippen molar-refractivity contribution in [2.75, 3.05) is 25.0 Å². The van der Waals surface area contributed by atoms with E-state index in [9.17, 15) is 0 Å². The number of thiophene rings is 1. The Bertz CT molecular complexity index is 833. The van der Waals surface area contributed by atoms with Crippen LogP contribution in [-0.2, 0) is 19.4 Å². The molecule has 0 amide bonds. The topological polar surface area (TPSA) is 53.9 Å². The van der Waals surface area contributed by atoms with Crippen molar-refractivity contribution in [1.82, 2.24) is 20.3 Å². The zero-order chi connectivity index (χ0) is 17.1. The number of rotatable bonds is 4. The Morgan fingerprint density at radius 3 is 2.76 bits per heavy atom. The third-order valence-electron chi connectivity index (χ3n) is 4.46. The van der Waals surface area contributed by atoms with E-state index in [0.29, 0.717) is 0 Å². The Balaban J connectivity index is 1.77. The van der Waals surface area contributed by atoms with Gasteiger partial charge in [-0.3, -0.25) is 4.98 Å². The molecule has 0 spiro atoms. The standard InChI is InChI=1S/C19H21N5S/c1-24(12-14-6-11-25-13-14)19-16-4-9-21-10-5-17(16)22-18(23-19)15-2-7-20-8-3-15/h2-3,6-8,11,13,21H,4-5,9-10,12H2,1H3. The van der Waals surface area contributed by atoms with Gasteiger partial charge in [0.25, 0.3) is 0 Å². The molecule has 3 aromatic heterocycles. The first-order chi connectivity index (χ1) is 12.3. The van der Waals surface area contributed by atoms with Gasteiger partial charge in [-0.1, -0.05) is 0 Å². The summed E-state index contributed by atoms with van der Waals surface area (Å²) in [5.41, 5.74) is 4.77. The van der Waals surface area contributed by atoms with Crippen LogP contribution in [0.4, 0.5) is 5.82 Å². The maximum atomic E-state index is 4.94. The van der Waals surface area contributed by atoms with Crippen molar-refractivity contribution in [3.8, 4) is 11.4 Å². The average Bonchev–Trinajstić information content (AvgIpc) is 3.04. The Morgan fingerprint density at radius 1 is 1.12 bits per heavy atom. The zero-order valence-electron chi connectivity index (χ0n) is 14.3. The predicted octanol–water partition coefficient (Wildman–Crippen LogP) is 2.92. The molecule has 4 rings (SSSR count). The molecule has 1 N–H and O–H groups in total. The molecule has 3 aromatic rings. The van der Waals surface area contributed by atoms with E-state index in [1.807, 2.05) is 12.1 Å². The quantitative estimate of drug-likeness (QED) is 0.783. The molecule has 0 radical (unpaired) electrons. The number of hydrogen-bond donors (Lipinski definition) is 1. The van der Waals surface area contributed by atoms with E-state index in [-0.39, 0.29) is 0 Å². The van der Waals surface area contributed by atoms with Gasteiger partial charge in [0, 0.05) is 50.1 Å². The van der Waals surface area contributed by atoms with Crippen molar-refractivity contribution in [2.45, 2.75) is 19.4 Å². The van der Waals surface area contributed by atoms with E-state index >= 15 is 0 Å². The summed E-state index contributed by atoms with van der Waals surface area (Å²) in [6, 6.07) is 6.12.